The van der Waals surface area contributed by atoms with Crippen molar-refractivity contribution in [1.29, 1.82) is 0 Å². The van der Waals surface area contributed by atoms with E-state index in [2.05, 4.69) is 15.4 Å². The average molecular weight is 221 g/mol. The number of nitrogens with one attached hydrogen (secondary N) is 1. The lowest BCUT2D eigenvalue weighted by Crippen LogP contribution is -2.29. The molecule has 0 unspecified atom stereocenters. The van der Waals surface area contributed by atoms with Crippen molar-refractivity contribution >= 4 is 11.7 Å². The monoisotopic (exact) mass is 221 g/mol. The van der Waals surface area contributed by atoms with Gasteiger partial charge in [0.15, 0.2) is 5.82 Å². The molecule has 1 aromatic rings. The van der Waals surface area contributed by atoms with Crippen molar-refractivity contribution in [3.05, 3.63) is 18.1 Å². The van der Waals surface area contributed by atoms with E-state index in [1.165, 1.54) is 25.2 Å². The lowest BCUT2D eigenvalue weighted by atomic mass is 10.3. The van der Waals surface area contributed by atoms with Crippen LogP contribution in [0.25, 0.3) is 0 Å². The highest BCUT2D eigenvalue weighted by Gasteiger charge is 2.25. The molecule has 1 aromatic heterocycles. The molecule has 2 rings (SSSR count). The first kappa shape index (κ1) is 10.8. The van der Waals surface area contributed by atoms with Crippen LogP contribution in [0.4, 0.5) is 5.82 Å². The molecule has 1 amide bonds. The Balaban J connectivity index is 2.06. The number of amides is 1. The molecule has 16 heavy (non-hydrogen) atoms. The number of carbonyl (C=O) groups is 1. The van der Waals surface area contributed by atoms with Crippen molar-refractivity contribution in [3.8, 4) is 0 Å². The van der Waals surface area contributed by atoms with Crippen LogP contribution in [-0.2, 0) is 0 Å². The van der Waals surface area contributed by atoms with E-state index in [4.69, 9.17) is 5.84 Å². The number of nitrogens with zero attached hydrogens (tertiary/aromatic N) is 3. The Morgan fingerprint density at radius 2 is 2.38 bits per heavy atom. The standard InChI is InChI=1S/C10H15N5O/c1-15(6-7-2-3-7)10(16)8-4-12-5-9(13-8)14-11/h4-5,7H,2-3,6,11H2,1H3,(H,13,14). The van der Waals surface area contributed by atoms with Crippen LogP contribution in [-0.4, -0.2) is 34.4 Å². The Hall–Kier alpha value is -1.69. The average Bonchev–Trinajstić information content (AvgIpc) is 3.12. The molecule has 0 aliphatic heterocycles. The number of carbonyl (C=O) groups excluding carboxylic acids is 1. The maximum absolute atomic E-state index is 11.9. The molecule has 0 bridgehead atoms. The van der Waals surface area contributed by atoms with Gasteiger partial charge in [0, 0.05) is 13.6 Å². The van der Waals surface area contributed by atoms with Gasteiger partial charge in [-0.15, -0.1) is 0 Å². The van der Waals surface area contributed by atoms with Crippen molar-refractivity contribution in [2.75, 3.05) is 19.0 Å². The number of nitrogens with two attached hydrogens (primary N) is 1. The molecule has 3 N–H and O–H groups in total. The van der Waals surface area contributed by atoms with E-state index in [1.807, 2.05) is 0 Å². The second-order valence-corrected chi connectivity index (χ2v) is 4.06. The Labute approximate surface area is 93.8 Å². The molecule has 1 heterocycles. The third kappa shape index (κ3) is 2.46. The second-order valence-electron chi connectivity index (χ2n) is 4.06. The quantitative estimate of drug-likeness (QED) is 0.562. The van der Waals surface area contributed by atoms with Crippen LogP contribution in [0.2, 0.25) is 0 Å². The van der Waals surface area contributed by atoms with Crippen LogP contribution in [0.1, 0.15) is 23.3 Å². The number of nitrogen functional groups attached to an aromatic ring is 1. The molecule has 1 saturated carbocycles. The van der Waals surface area contributed by atoms with Crippen molar-refractivity contribution in [1.82, 2.24) is 14.9 Å². The van der Waals surface area contributed by atoms with Crippen LogP contribution in [0.15, 0.2) is 12.4 Å². The van der Waals surface area contributed by atoms with Gasteiger partial charge in [0.25, 0.3) is 5.91 Å². The normalized spacial score (nSPS) is 14.6. The third-order valence-corrected chi connectivity index (χ3v) is 2.58. The smallest absolute Gasteiger partial charge is 0.273 e. The molecule has 6 heteroatoms. The van der Waals surface area contributed by atoms with Crippen molar-refractivity contribution in [2.24, 2.45) is 11.8 Å². The van der Waals surface area contributed by atoms with Gasteiger partial charge in [-0.2, -0.15) is 0 Å². The predicted molar refractivity (Wildman–Crippen MR) is 59.5 cm³/mol. The summed E-state index contributed by atoms with van der Waals surface area (Å²) in [7, 11) is 1.78. The Morgan fingerprint density at radius 1 is 1.62 bits per heavy atom. The molecule has 1 fully saturated rings. The summed E-state index contributed by atoms with van der Waals surface area (Å²) in [5, 5.41) is 0. The number of anilines is 1. The highest BCUT2D eigenvalue weighted by atomic mass is 16.2. The highest BCUT2D eigenvalue weighted by Crippen LogP contribution is 2.29. The van der Waals surface area contributed by atoms with Gasteiger partial charge in [0.05, 0.1) is 12.4 Å². The van der Waals surface area contributed by atoms with Crippen LogP contribution in [0.3, 0.4) is 0 Å². The number of hydrogen-bond acceptors (Lipinski definition) is 5. The van der Waals surface area contributed by atoms with Crippen molar-refractivity contribution < 1.29 is 4.79 Å². The summed E-state index contributed by atoms with van der Waals surface area (Å²) >= 11 is 0. The fourth-order valence-electron chi connectivity index (χ4n) is 1.50. The topological polar surface area (TPSA) is 84.1 Å². The summed E-state index contributed by atoms with van der Waals surface area (Å²) in [5.41, 5.74) is 2.69. The number of hydrazine groups is 1. The van der Waals surface area contributed by atoms with Crippen molar-refractivity contribution in [2.45, 2.75) is 12.8 Å². The summed E-state index contributed by atoms with van der Waals surface area (Å²) in [4.78, 5) is 21.6. The van der Waals surface area contributed by atoms with Gasteiger partial charge in [-0.1, -0.05) is 0 Å². The first-order valence-corrected chi connectivity index (χ1v) is 5.25. The zero-order valence-electron chi connectivity index (χ0n) is 9.18. The molecular formula is C10H15N5O. The van der Waals surface area contributed by atoms with E-state index < -0.39 is 0 Å². The van der Waals surface area contributed by atoms with Gasteiger partial charge in [0.1, 0.15) is 5.69 Å². The lowest BCUT2D eigenvalue weighted by molar-refractivity contribution is 0.0782. The van der Waals surface area contributed by atoms with E-state index >= 15 is 0 Å². The molecule has 86 valence electrons. The SMILES string of the molecule is CN(CC1CC1)C(=O)c1cncc(NN)n1. The fourth-order valence-corrected chi connectivity index (χ4v) is 1.50. The lowest BCUT2D eigenvalue weighted by Gasteiger charge is -2.16. The molecule has 0 aromatic carbocycles. The van der Waals surface area contributed by atoms with Gasteiger partial charge in [-0.3, -0.25) is 9.78 Å². The zero-order valence-corrected chi connectivity index (χ0v) is 9.18. The summed E-state index contributed by atoms with van der Waals surface area (Å²) in [6.07, 6.45) is 5.35. The fraction of sp³-hybridized carbons (Fsp3) is 0.500. The Morgan fingerprint density at radius 3 is 3.00 bits per heavy atom. The summed E-state index contributed by atoms with van der Waals surface area (Å²) < 4.78 is 0. The summed E-state index contributed by atoms with van der Waals surface area (Å²) in [6, 6.07) is 0. The molecule has 0 radical (unpaired) electrons. The first-order chi connectivity index (χ1) is 7.70. The van der Waals surface area contributed by atoms with Crippen molar-refractivity contribution in [3.63, 3.8) is 0 Å². The molecule has 0 spiro atoms. The van der Waals surface area contributed by atoms with Gasteiger partial charge in [0.2, 0.25) is 0 Å². The Bertz CT molecular complexity index is 391. The second kappa shape index (κ2) is 4.44. The molecule has 0 atom stereocenters. The maximum Gasteiger partial charge on any atom is 0.273 e. The maximum atomic E-state index is 11.9. The van der Waals surface area contributed by atoms with E-state index in [0.717, 1.165) is 6.54 Å². The minimum atomic E-state index is -0.114. The zero-order chi connectivity index (χ0) is 11.5. The van der Waals surface area contributed by atoms with Gasteiger partial charge in [-0.05, 0) is 18.8 Å². The minimum absolute atomic E-state index is 0.114. The van der Waals surface area contributed by atoms with E-state index in [-0.39, 0.29) is 5.91 Å². The molecule has 1 aliphatic carbocycles. The molecule has 0 saturated heterocycles. The Kier molecular flexibility index (Phi) is 3.00. The minimum Gasteiger partial charge on any atom is -0.340 e. The van der Waals surface area contributed by atoms with Gasteiger partial charge >= 0.3 is 0 Å². The van der Waals surface area contributed by atoms with Crippen LogP contribution < -0.4 is 11.3 Å². The highest BCUT2D eigenvalue weighted by molar-refractivity contribution is 5.92. The third-order valence-electron chi connectivity index (χ3n) is 2.58. The summed E-state index contributed by atoms with van der Waals surface area (Å²) in [6.45, 7) is 0.792. The van der Waals surface area contributed by atoms with Crippen LogP contribution in [0, 0.1) is 5.92 Å². The number of aromatic nitrogens is 2. The number of rotatable bonds is 4. The van der Waals surface area contributed by atoms with E-state index in [9.17, 15) is 4.79 Å². The van der Waals surface area contributed by atoms with Gasteiger partial charge < -0.3 is 10.3 Å². The number of hydrogen-bond donors (Lipinski definition) is 2. The molecule has 1 aliphatic rings. The van der Waals surface area contributed by atoms with Gasteiger partial charge in [-0.25, -0.2) is 10.8 Å². The molecular weight excluding hydrogens is 206 g/mol. The van der Waals surface area contributed by atoms with E-state index in [0.29, 0.717) is 17.4 Å². The predicted octanol–water partition coefficient (Wildman–Crippen LogP) is 0.244. The summed E-state index contributed by atoms with van der Waals surface area (Å²) in [5.74, 6) is 6.15. The molecule has 6 nitrogen and oxygen atoms in total. The van der Waals surface area contributed by atoms with Crippen LogP contribution in [0.5, 0.6) is 0 Å². The first-order valence-electron chi connectivity index (χ1n) is 5.25. The largest absolute Gasteiger partial charge is 0.340 e. The van der Waals surface area contributed by atoms with E-state index in [1.54, 1.807) is 11.9 Å². The van der Waals surface area contributed by atoms with Crippen LogP contribution >= 0.6 is 0 Å².